The van der Waals surface area contributed by atoms with Crippen LogP contribution < -0.4 is 4.74 Å². The van der Waals surface area contributed by atoms with Crippen molar-refractivity contribution in [2.75, 3.05) is 11.9 Å². The van der Waals surface area contributed by atoms with Gasteiger partial charge in [0.2, 0.25) is 0 Å². The largest absolute Gasteiger partial charge is 0.508 e. The van der Waals surface area contributed by atoms with Gasteiger partial charge in [-0.3, -0.25) is 0 Å². The van der Waals surface area contributed by atoms with Crippen molar-refractivity contribution in [3.8, 4) is 11.5 Å². The van der Waals surface area contributed by atoms with Gasteiger partial charge in [-0.25, -0.2) is 0 Å². The standard InChI is InChI=1S/C12H11BrO2/c13-5-6-15-12-4-2-9-1-3-11(14)7-10(9)8-12/h1-4,7-8,14H,5-6H2. The molecule has 78 valence electrons. The number of fused-ring (bicyclic) bond motifs is 1. The number of hydrogen-bond donors (Lipinski definition) is 1. The predicted octanol–water partition coefficient (Wildman–Crippen LogP) is 3.32. The summed E-state index contributed by atoms with van der Waals surface area (Å²) in [6.45, 7) is 0.643. The second kappa shape index (κ2) is 4.53. The lowest BCUT2D eigenvalue weighted by molar-refractivity contribution is 0.345. The molecule has 2 aromatic carbocycles. The van der Waals surface area contributed by atoms with E-state index in [1.807, 2.05) is 24.3 Å². The molecule has 2 aromatic rings. The molecule has 0 aliphatic heterocycles. The Bertz CT molecular complexity index is 468. The summed E-state index contributed by atoms with van der Waals surface area (Å²) >= 11 is 3.30. The molecule has 0 fully saturated rings. The molecule has 0 spiro atoms. The van der Waals surface area contributed by atoms with Crippen molar-refractivity contribution in [2.24, 2.45) is 0 Å². The Morgan fingerprint density at radius 2 is 1.87 bits per heavy atom. The number of rotatable bonds is 3. The number of hydrogen-bond acceptors (Lipinski definition) is 2. The highest BCUT2D eigenvalue weighted by molar-refractivity contribution is 9.09. The first-order chi connectivity index (χ1) is 7.29. The van der Waals surface area contributed by atoms with Crippen LogP contribution in [0.3, 0.4) is 0 Å². The summed E-state index contributed by atoms with van der Waals surface area (Å²) in [7, 11) is 0. The Kier molecular flexibility index (Phi) is 3.11. The van der Waals surface area contributed by atoms with E-state index < -0.39 is 0 Å². The van der Waals surface area contributed by atoms with Crippen LogP contribution in [0.5, 0.6) is 11.5 Å². The van der Waals surface area contributed by atoms with Crippen LogP contribution in [-0.4, -0.2) is 17.0 Å². The molecule has 0 atom stereocenters. The Hall–Kier alpha value is -1.22. The number of ether oxygens (including phenoxy) is 1. The van der Waals surface area contributed by atoms with Gasteiger partial charge in [0.15, 0.2) is 0 Å². The smallest absolute Gasteiger partial charge is 0.119 e. The van der Waals surface area contributed by atoms with Crippen molar-refractivity contribution in [1.82, 2.24) is 0 Å². The van der Waals surface area contributed by atoms with E-state index >= 15 is 0 Å². The fourth-order valence-corrected chi connectivity index (χ4v) is 1.62. The molecule has 0 bridgehead atoms. The minimum atomic E-state index is 0.278. The van der Waals surface area contributed by atoms with E-state index in [1.54, 1.807) is 12.1 Å². The summed E-state index contributed by atoms with van der Waals surface area (Å²) in [6.07, 6.45) is 0. The van der Waals surface area contributed by atoms with Crippen molar-refractivity contribution in [3.63, 3.8) is 0 Å². The Balaban J connectivity index is 2.36. The number of halogens is 1. The number of phenols is 1. The van der Waals surface area contributed by atoms with Crippen LogP contribution in [0.15, 0.2) is 36.4 Å². The van der Waals surface area contributed by atoms with E-state index in [9.17, 15) is 5.11 Å². The summed E-state index contributed by atoms with van der Waals surface area (Å²) in [5, 5.41) is 12.2. The van der Waals surface area contributed by atoms with Gasteiger partial charge < -0.3 is 9.84 Å². The highest BCUT2D eigenvalue weighted by Crippen LogP contribution is 2.24. The minimum Gasteiger partial charge on any atom is -0.508 e. The predicted molar refractivity (Wildman–Crippen MR) is 64.9 cm³/mol. The van der Waals surface area contributed by atoms with Crippen LogP contribution in [-0.2, 0) is 0 Å². The maximum absolute atomic E-state index is 9.35. The van der Waals surface area contributed by atoms with Crippen molar-refractivity contribution < 1.29 is 9.84 Å². The molecule has 0 aliphatic rings. The van der Waals surface area contributed by atoms with E-state index in [2.05, 4.69) is 15.9 Å². The maximum Gasteiger partial charge on any atom is 0.119 e. The molecule has 0 unspecified atom stereocenters. The van der Waals surface area contributed by atoms with Gasteiger partial charge in [-0.2, -0.15) is 0 Å². The first kappa shape index (κ1) is 10.3. The third-order valence-corrected chi connectivity index (χ3v) is 2.46. The first-order valence-electron chi connectivity index (χ1n) is 4.71. The second-order valence-electron chi connectivity index (χ2n) is 3.23. The number of aromatic hydroxyl groups is 1. The van der Waals surface area contributed by atoms with Crippen LogP contribution in [0.2, 0.25) is 0 Å². The molecular formula is C12H11BrO2. The molecule has 15 heavy (non-hydrogen) atoms. The topological polar surface area (TPSA) is 29.5 Å². The average molecular weight is 267 g/mol. The average Bonchev–Trinajstić information content (AvgIpc) is 2.25. The quantitative estimate of drug-likeness (QED) is 0.864. The molecule has 0 amide bonds. The molecule has 0 saturated heterocycles. The first-order valence-corrected chi connectivity index (χ1v) is 5.83. The Morgan fingerprint density at radius 3 is 2.67 bits per heavy atom. The van der Waals surface area contributed by atoms with Gasteiger partial charge in [-0.05, 0) is 35.0 Å². The van der Waals surface area contributed by atoms with Crippen molar-refractivity contribution in [1.29, 1.82) is 0 Å². The molecule has 0 aromatic heterocycles. The SMILES string of the molecule is Oc1ccc2ccc(OCCBr)cc2c1. The number of benzene rings is 2. The zero-order valence-corrected chi connectivity index (χ0v) is 9.70. The third kappa shape index (κ3) is 2.42. The van der Waals surface area contributed by atoms with Crippen LogP contribution >= 0.6 is 15.9 Å². The fourth-order valence-electron chi connectivity index (χ4n) is 1.46. The van der Waals surface area contributed by atoms with E-state index in [0.717, 1.165) is 21.9 Å². The van der Waals surface area contributed by atoms with Gasteiger partial charge >= 0.3 is 0 Å². The molecule has 0 aliphatic carbocycles. The van der Waals surface area contributed by atoms with Crippen molar-refractivity contribution >= 4 is 26.7 Å². The molecule has 0 saturated carbocycles. The fraction of sp³-hybridized carbons (Fsp3) is 0.167. The molecule has 2 nitrogen and oxygen atoms in total. The Labute approximate surface area is 96.6 Å². The summed E-state index contributed by atoms with van der Waals surface area (Å²) in [6, 6.07) is 11.1. The van der Waals surface area contributed by atoms with E-state index in [4.69, 9.17) is 4.74 Å². The monoisotopic (exact) mass is 266 g/mol. The van der Waals surface area contributed by atoms with E-state index in [-0.39, 0.29) is 5.75 Å². The second-order valence-corrected chi connectivity index (χ2v) is 4.02. The zero-order valence-electron chi connectivity index (χ0n) is 8.11. The number of alkyl halides is 1. The lowest BCUT2D eigenvalue weighted by atomic mass is 10.1. The van der Waals surface area contributed by atoms with E-state index in [1.165, 1.54) is 0 Å². The van der Waals surface area contributed by atoms with Crippen LogP contribution in [0.25, 0.3) is 10.8 Å². The van der Waals surface area contributed by atoms with Gasteiger partial charge in [0.25, 0.3) is 0 Å². The van der Waals surface area contributed by atoms with Crippen LogP contribution in [0, 0.1) is 0 Å². The lowest BCUT2D eigenvalue weighted by Crippen LogP contribution is -1.97. The van der Waals surface area contributed by atoms with Gasteiger partial charge in [-0.1, -0.05) is 28.1 Å². The van der Waals surface area contributed by atoms with Crippen LogP contribution in [0.1, 0.15) is 0 Å². The van der Waals surface area contributed by atoms with Gasteiger partial charge in [0.1, 0.15) is 11.5 Å². The zero-order chi connectivity index (χ0) is 10.7. The highest BCUT2D eigenvalue weighted by atomic mass is 79.9. The lowest BCUT2D eigenvalue weighted by Gasteiger charge is -2.05. The normalized spacial score (nSPS) is 10.5. The molecular weight excluding hydrogens is 256 g/mol. The maximum atomic E-state index is 9.35. The molecule has 0 heterocycles. The van der Waals surface area contributed by atoms with Crippen molar-refractivity contribution in [3.05, 3.63) is 36.4 Å². The van der Waals surface area contributed by atoms with Crippen LogP contribution in [0.4, 0.5) is 0 Å². The summed E-state index contributed by atoms with van der Waals surface area (Å²) < 4.78 is 5.47. The Morgan fingerprint density at radius 1 is 1.07 bits per heavy atom. The molecule has 2 rings (SSSR count). The molecule has 3 heteroatoms. The van der Waals surface area contributed by atoms with E-state index in [0.29, 0.717) is 6.61 Å². The number of phenolic OH excluding ortho intramolecular Hbond substituents is 1. The minimum absolute atomic E-state index is 0.278. The van der Waals surface area contributed by atoms with Crippen molar-refractivity contribution in [2.45, 2.75) is 0 Å². The van der Waals surface area contributed by atoms with Gasteiger partial charge in [-0.15, -0.1) is 0 Å². The summed E-state index contributed by atoms with van der Waals surface area (Å²) in [4.78, 5) is 0. The van der Waals surface area contributed by atoms with Gasteiger partial charge in [0, 0.05) is 5.33 Å². The summed E-state index contributed by atoms with van der Waals surface area (Å²) in [5.74, 6) is 1.10. The highest BCUT2D eigenvalue weighted by Gasteiger charge is 1.98. The summed E-state index contributed by atoms with van der Waals surface area (Å²) in [5.41, 5.74) is 0. The molecule has 0 radical (unpaired) electrons. The van der Waals surface area contributed by atoms with Gasteiger partial charge in [0.05, 0.1) is 6.61 Å². The molecule has 1 N–H and O–H groups in total. The third-order valence-electron chi connectivity index (χ3n) is 2.14.